The summed E-state index contributed by atoms with van der Waals surface area (Å²) in [5.74, 6) is -0.654. The van der Waals surface area contributed by atoms with E-state index in [1.807, 2.05) is 26.0 Å². The van der Waals surface area contributed by atoms with Crippen LogP contribution >= 0.6 is 0 Å². The van der Waals surface area contributed by atoms with E-state index in [0.29, 0.717) is 12.1 Å². The van der Waals surface area contributed by atoms with E-state index in [-0.39, 0.29) is 24.3 Å². The van der Waals surface area contributed by atoms with Crippen molar-refractivity contribution in [2.45, 2.75) is 19.9 Å². The number of nitrogens with zero attached hydrogens (tertiary/aromatic N) is 2. The molecule has 0 N–H and O–H groups in total. The molecule has 2 rings (SSSR count). The Kier molecular flexibility index (Phi) is 5.91. The lowest BCUT2D eigenvalue weighted by Crippen LogP contribution is -2.36. The standard InChI is InChI=1S/C19H19FN2O2/c1-3-22(14(2)16-10-8-15(12-21)9-11-16)19(23)13-24-18-7-5-4-6-17(18)20/h4-11,14H,3,13H2,1-2H3. The highest BCUT2D eigenvalue weighted by Gasteiger charge is 2.20. The highest BCUT2D eigenvalue weighted by molar-refractivity contribution is 5.78. The number of carbonyl (C=O) groups is 1. The van der Waals surface area contributed by atoms with Gasteiger partial charge in [0.2, 0.25) is 0 Å². The lowest BCUT2D eigenvalue weighted by atomic mass is 10.0. The molecular formula is C19H19FN2O2. The van der Waals surface area contributed by atoms with Crippen LogP contribution in [0.5, 0.6) is 5.75 Å². The summed E-state index contributed by atoms with van der Waals surface area (Å²) in [6.07, 6.45) is 0. The third kappa shape index (κ3) is 4.11. The molecule has 0 heterocycles. The summed E-state index contributed by atoms with van der Waals surface area (Å²) >= 11 is 0. The quantitative estimate of drug-likeness (QED) is 0.813. The molecular weight excluding hydrogens is 307 g/mol. The summed E-state index contributed by atoms with van der Waals surface area (Å²) in [4.78, 5) is 14.1. The SMILES string of the molecule is CCN(C(=O)COc1ccccc1F)C(C)c1ccc(C#N)cc1. The molecule has 0 saturated heterocycles. The minimum absolute atomic E-state index is 0.0629. The molecule has 0 saturated carbocycles. The van der Waals surface area contributed by atoms with Crippen molar-refractivity contribution in [2.24, 2.45) is 0 Å². The highest BCUT2D eigenvalue weighted by Crippen LogP contribution is 2.21. The maximum Gasteiger partial charge on any atom is 0.261 e. The van der Waals surface area contributed by atoms with Gasteiger partial charge < -0.3 is 9.64 Å². The first-order chi connectivity index (χ1) is 11.6. The number of likely N-dealkylation sites (N-methyl/N-ethyl adjacent to an activating group) is 1. The van der Waals surface area contributed by atoms with Crippen LogP contribution in [0.1, 0.15) is 31.0 Å². The first-order valence-corrected chi connectivity index (χ1v) is 7.73. The van der Waals surface area contributed by atoms with E-state index in [2.05, 4.69) is 6.07 Å². The van der Waals surface area contributed by atoms with Gasteiger partial charge in [0, 0.05) is 6.54 Å². The van der Waals surface area contributed by atoms with Crippen molar-refractivity contribution >= 4 is 5.91 Å². The average molecular weight is 326 g/mol. The minimum atomic E-state index is -0.492. The molecule has 0 aromatic heterocycles. The number of benzene rings is 2. The highest BCUT2D eigenvalue weighted by atomic mass is 19.1. The molecule has 2 aromatic carbocycles. The lowest BCUT2D eigenvalue weighted by molar-refractivity contribution is -0.135. The molecule has 0 aliphatic rings. The van der Waals surface area contributed by atoms with Crippen LogP contribution in [0.2, 0.25) is 0 Å². The predicted octanol–water partition coefficient (Wildman–Crippen LogP) is 3.69. The molecule has 0 radical (unpaired) electrons. The first-order valence-electron chi connectivity index (χ1n) is 7.73. The second-order valence-electron chi connectivity index (χ2n) is 5.31. The molecule has 2 aromatic rings. The molecule has 1 amide bonds. The second kappa shape index (κ2) is 8.11. The number of hydrogen-bond acceptors (Lipinski definition) is 3. The first kappa shape index (κ1) is 17.5. The Bertz CT molecular complexity index is 738. The number of rotatable bonds is 6. The van der Waals surface area contributed by atoms with Gasteiger partial charge in [0.25, 0.3) is 5.91 Å². The van der Waals surface area contributed by atoms with E-state index in [1.165, 1.54) is 12.1 Å². The minimum Gasteiger partial charge on any atom is -0.481 e. The van der Waals surface area contributed by atoms with Gasteiger partial charge >= 0.3 is 0 Å². The summed E-state index contributed by atoms with van der Waals surface area (Å²) in [7, 11) is 0. The molecule has 0 fully saturated rings. The van der Waals surface area contributed by atoms with E-state index in [0.717, 1.165) is 5.56 Å². The van der Waals surface area contributed by atoms with Gasteiger partial charge in [-0.1, -0.05) is 24.3 Å². The summed E-state index contributed by atoms with van der Waals surface area (Å²) in [6.45, 7) is 4.06. The fourth-order valence-corrected chi connectivity index (χ4v) is 2.47. The molecule has 0 bridgehead atoms. The molecule has 5 heteroatoms. The maximum atomic E-state index is 13.5. The summed E-state index contributed by atoms with van der Waals surface area (Å²) in [5, 5.41) is 8.85. The van der Waals surface area contributed by atoms with Crippen molar-refractivity contribution in [1.82, 2.24) is 4.90 Å². The third-order valence-electron chi connectivity index (χ3n) is 3.84. The van der Waals surface area contributed by atoms with E-state index >= 15 is 0 Å². The van der Waals surface area contributed by atoms with Crippen molar-refractivity contribution in [1.29, 1.82) is 5.26 Å². The van der Waals surface area contributed by atoms with E-state index in [1.54, 1.807) is 29.2 Å². The number of halogens is 1. The smallest absolute Gasteiger partial charge is 0.261 e. The average Bonchev–Trinajstić information content (AvgIpc) is 2.61. The predicted molar refractivity (Wildman–Crippen MR) is 88.9 cm³/mol. The zero-order valence-electron chi connectivity index (χ0n) is 13.7. The Morgan fingerprint density at radius 3 is 2.50 bits per heavy atom. The van der Waals surface area contributed by atoms with Gasteiger partial charge in [0.15, 0.2) is 18.2 Å². The van der Waals surface area contributed by atoms with Crippen LogP contribution in [0.4, 0.5) is 4.39 Å². The second-order valence-corrected chi connectivity index (χ2v) is 5.31. The van der Waals surface area contributed by atoms with Crippen LogP contribution in [0.15, 0.2) is 48.5 Å². The van der Waals surface area contributed by atoms with Crippen LogP contribution < -0.4 is 4.74 Å². The van der Waals surface area contributed by atoms with Crippen molar-refractivity contribution in [3.05, 3.63) is 65.5 Å². The van der Waals surface area contributed by atoms with E-state index in [4.69, 9.17) is 10.00 Å². The lowest BCUT2D eigenvalue weighted by Gasteiger charge is -2.28. The number of ether oxygens (including phenoxy) is 1. The Morgan fingerprint density at radius 1 is 1.25 bits per heavy atom. The monoisotopic (exact) mass is 326 g/mol. The number of carbonyl (C=O) groups excluding carboxylic acids is 1. The Labute approximate surface area is 141 Å². The van der Waals surface area contributed by atoms with Crippen LogP contribution in [-0.4, -0.2) is 24.0 Å². The number of para-hydroxylation sites is 1. The van der Waals surface area contributed by atoms with Crippen molar-refractivity contribution < 1.29 is 13.9 Å². The molecule has 0 aliphatic carbocycles. The fourth-order valence-electron chi connectivity index (χ4n) is 2.47. The third-order valence-corrected chi connectivity index (χ3v) is 3.84. The Hall–Kier alpha value is -2.87. The van der Waals surface area contributed by atoms with Crippen molar-refractivity contribution in [3.63, 3.8) is 0 Å². The van der Waals surface area contributed by atoms with Gasteiger partial charge in [0.1, 0.15) is 0 Å². The van der Waals surface area contributed by atoms with E-state index < -0.39 is 5.82 Å². The maximum absolute atomic E-state index is 13.5. The van der Waals surface area contributed by atoms with Gasteiger partial charge in [-0.15, -0.1) is 0 Å². The van der Waals surface area contributed by atoms with Crippen molar-refractivity contribution in [3.8, 4) is 11.8 Å². The van der Waals surface area contributed by atoms with Gasteiger partial charge in [-0.05, 0) is 43.7 Å². The summed E-state index contributed by atoms with van der Waals surface area (Å²) in [6, 6.07) is 15.0. The van der Waals surface area contributed by atoms with Crippen molar-refractivity contribution in [2.75, 3.05) is 13.2 Å². The number of hydrogen-bond donors (Lipinski definition) is 0. The van der Waals surface area contributed by atoms with Crippen LogP contribution in [-0.2, 0) is 4.79 Å². The zero-order valence-corrected chi connectivity index (χ0v) is 13.7. The number of nitriles is 1. The molecule has 1 unspecified atom stereocenters. The molecule has 24 heavy (non-hydrogen) atoms. The molecule has 124 valence electrons. The van der Waals surface area contributed by atoms with Gasteiger partial charge in [-0.2, -0.15) is 5.26 Å². The summed E-state index contributed by atoms with van der Waals surface area (Å²) < 4.78 is 18.8. The van der Waals surface area contributed by atoms with Gasteiger partial charge in [-0.3, -0.25) is 4.79 Å². The Morgan fingerprint density at radius 2 is 1.92 bits per heavy atom. The van der Waals surface area contributed by atoms with Crippen LogP contribution in [0.25, 0.3) is 0 Å². The van der Waals surface area contributed by atoms with Gasteiger partial charge in [-0.25, -0.2) is 4.39 Å². The Balaban J connectivity index is 2.04. The molecule has 1 atom stereocenters. The fraction of sp³-hybridized carbons (Fsp3) is 0.263. The largest absolute Gasteiger partial charge is 0.481 e. The van der Waals surface area contributed by atoms with Crippen LogP contribution in [0.3, 0.4) is 0 Å². The van der Waals surface area contributed by atoms with Gasteiger partial charge in [0.05, 0.1) is 17.7 Å². The molecule has 0 aliphatic heterocycles. The molecule has 4 nitrogen and oxygen atoms in total. The topological polar surface area (TPSA) is 53.3 Å². The number of amides is 1. The zero-order chi connectivity index (χ0) is 17.5. The summed E-state index contributed by atoms with van der Waals surface area (Å²) in [5.41, 5.74) is 1.50. The molecule has 0 spiro atoms. The normalized spacial score (nSPS) is 11.4. The van der Waals surface area contributed by atoms with Crippen LogP contribution in [0, 0.1) is 17.1 Å². The van der Waals surface area contributed by atoms with E-state index in [9.17, 15) is 9.18 Å².